The molecule has 1 fully saturated rings. The molecule has 0 radical (unpaired) electrons. The molecule has 1 saturated heterocycles. The molecular formula is C18H29NO3S. The van der Waals surface area contributed by atoms with Crippen molar-refractivity contribution in [3.63, 3.8) is 0 Å². The van der Waals surface area contributed by atoms with Gasteiger partial charge in [-0.25, -0.2) is 13.1 Å². The lowest BCUT2D eigenvalue weighted by Crippen LogP contribution is -2.39. The summed E-state index contributed by atoms with van der Waals surface area (Å²) in [6, 6.07) is 9.72. The van der Waals surface area contributed by atoms with Gasteiger partial charge in [-0.15, -0.1) is 0 Å². The molecule has 1 aliphatic heterocycles. The van der Waals surface area contributed by atoms with E-state index in [0.717, 1.165) is 37.7 Å². The molecule has 2 unspecified atom stereocenters. The van der Waals surface area contributed by atoms with Gasteiger partial charge in [0.2, 0.25) is 10.0 Å². The number of rotatable bonds is 8. The van der Waals surface area contributed by atoms with Crippen molar-refractivity contribution < 1.29 is 13.2 Å². The number of ether oxygens (including phenoxy) is 1. The Balaban J connectivity index is 2.12. The van der Waals surface area contributed by atoms with E-state index < -0.39 is 10.0 Å². The van der Waals surface area contributed by atoms with Crippen LogP contribution in [0.1, 0.15) is 57.6 Å². The third kappa shape index (κ3) is 5.59. The Bertz CT molecular complexity index is 549. The predicted octanol–water partition coefficient (Wildman–Crippen LogP) is 3.65. The molecule has 130 valence electrons. The topological polar surface area (TPSA) is 55.4 Å². The van der Waals surface area contributed by atoms with Crippen LogP contribution in [0.3, 0.4) is 0 Å². The SMILES string of the molecule is CCC(CC)C(NS(=O)(=O)CC1CCCCO1)c1ccccc1. The average Bonchev–Trinajstić information content (AvgIpc) is 2.56. The average molecular weight is 340 g/mol. The summed E-state index contributed by atoms with van der Waals surface area (Å²) in [5.41, 5.74) is 1.04. The second-order valence-corrected chi connectivity index (χ2v) is 8.15. The van der Waals surface area contributed by atoms with Crippen LogP contribution in [-0.4, -0.2) is 26.9 Å². The predicted molar refractivity (Wildman–Crippen MR) is 93.8 cm³/mol. The minimum absolute atomic E-state index is 0.0660. The highest BCUT2D eigenvalue weighted by Gasteiger charge is 2.28. The second-order valence-electron chi connectivity index (χ2n) is 6.35. The van der Waals surface area contributed by atoms with E-state index in [9.17, 15) is 8.42 Å². The minimum atomic E-state index is -3.37. The van der Waals surface area contributed by atoms with Gasteiger partial charge in [0.15, 0.2) is 0 Å². The van der Waals surface area contributed by atoms with Gasteiger partial charge >= 0.3 is 0 Å². The molecule has 0 aliphatic carbocycles. The van der Waals surface area contributed by atoms with E-state index in [2.05, 4.69) is 18.6 Å². The van der Waals surface area contributed by atoms with Crippen molar-refractivity contribution in [1.82, 2.24) is 4.72 Å². The van der Waals surface area contributed by atoms with Gasteiger partial charge in [0.1, 0.15) is 0 Å². The van der Waals surface area contributed by atoms with Crippen molar-refractivity contribution in [1.29, 1.82) is 0 Å². The third-order valence-electron chi connectivity index (χ3n) is 4.66. The van der Waals surface area contributed by atoms with E-state index in [1.807, 2.05) is 30.3 Å². The van der Waals surface area contributed by atoms with Crippen LogP contribution in [0.5, 0.6) is 0 Å². The van der Waals surface area contributed by atoms with Gasteiger partial charge in [-0.2, -0.15) is 0 Å². The quantitative estimate of drug-likeness (QED) is 0.786. The molecule has 2 atom stereocenters. The molecule has 0 saturated carbocycles. The van der Waals surface area contributed by atoms with E-state index in [1.165, 1.54) is 0 Å². The Hall–Kier alpha value is -0.910. The summed E-state index contributed by atoms with van der Waals surface area (Å²) < 4.78 is 33.8. The summed E-state index contributed by atoms with van der Waals surface area (Å²) in [6.07, 6.45) is 4.64. The summed E-state index contributed by atoms with van der Waals surface area (Å²) in [7, 11) is -3.37. The van der Waals surface area contributed by atoms with Crippen LogP contribution in [0.15, 0.2) is 30.3 Å². The van der Waals surface area contributed by atoms with Gasteiger partial charge in [-0.1, -0.05) is 57.0 Å². The zero-order valence-corrected chi connectivity index (χ0v) is 15.0. The van der Waals surface area contributed by atoms with Crippen LogP contribution in [0, 0.1) is 5.92 Å². The molecule has 23 heavy (non-hydrogen) atoms. The molecule has 1 aromatic rings. The van der Waals surface area contributed by atoms with Crippen LogP contribution >= 0.6 is 0 Å². The first kappa shape index (κ1) is 18.4. The van der Waals surface area contributed by atoms with Crippen molar-refractivity contribution in [3.05, 3.63) is 35.9 Å². The van der Waals surface area contributed by atoms with Gasteiger partial charge in [-0.05, 0) is 30.7 Å². The van der Waals surface area contributed by atoms with Gasteiger partial charge in [0, 0.05) is 12.6 Å². The zero-order valence-electron chi connectivity index (χ0n) is 14.2. The summed E-state index contributed by atoms with van der Waals surface area (Å²) in [6.45, 7) is 4.90. The van der Waals surface area contributed by atoms with Crippen molar-refractivity contribution >= 4 is 10.0 Å². The Morgan fingerprint density at radius 1 is 1.17 bits per heavy atom. The minimum Gasteiger partial charge on any atom is -0.377 e. The van der Waals surface area contributed by atoms with Crippen LogP contribution in [0.4, 0.5) is 0 Å². The standard InChI is InChI=1S/C18H29NO3S/c1-3-15(4-2)18(16-10-6-5-7-11-16)19-23(20,21)14-17-12-8-9-13-22-17/h5-7,10-11,15,17-19H,3-4,8-9,12-14H2,1-2H3. The molecule has 0 bridgehead atoms. The van der Waals surface area contributed by atoms with Crippen molar-refractivity contribution in [2.45, 2.75) is 58.1 Å². The Labute approximate surface area is 140 Å². The van der Waals surface area contributed by atoms with Crippen molar-refractivity contribution in [2.75, 3.05) is 12.4 Å². The smallest absolute Gasteiger partial charge is 0.214 e. The van der Waals surface area contributed by atoms with E-state index >= 15 is 0 Å². The first-order valence-corrected chi connectivity index (χ1v) is 10.4. The maximum atomic E-state index is 12.6. The normalized spacial score (nSPS) is 20.6. The third-order valence-corrected chi connectivity index (χ3v) is 6.09. The maximum Gasteiger partial charge on any atom is 0.214 e. The lowest BCUT2D eigenvalue weighted by atomic mass is 9.90. The number of hydrogen-bond donors (Lipinski definition) is 1. The fourth-order valence-electron chi connectivity index (χ4n) is 3.28. The Morgan fingerprint density at radius 3 is 2.43 bits per heavy atom. The van der Waals surface area contributed by atoms with Crippen LogP contribution in [-0.2, 0) is 14.8 Å². The number of nitrogens with one attached hydrogen (secondary N) is 1. The number of sulfonamides is 1. The molecule has 1 aliphatic rings. The Morgan fingerprint density at radius 2 is 1.87 bits per heavy atom. The van der Waals surface area contributed by atoms with Gasteiger partial charge in [0.05, 0.1) is 11.9 Å². The van der Waals surface area contributed by atoms with Gasteiger partial charge in [0.25, 0.3) is 0 Å². The molecule has 2 rings (SSSR count). The summed E-state index contributed by atoms with van der Waals surface area (Å²) in [5.74, 6) is 0.357. The second kappa shape index (κ2) is 8.81. The largest absolute Gasteiger partial charge is 0.377 e. The van der Waals surface area contributed by atoms with E-state index in [4.69, 9.17) is 4.74 Å². The fourth-order valence-corrected chi connectivity index (χ4v) is 4.85. The molecule has 1 heterocycles. The molecule has 5 heteroatoms. The fraction of sp³-hybridized carbons (Fsp3) is 0.667. The van der Waals surface area contributed by atoms with Crippen molar-refractivity contribution in [2.24, 2.45) is 5.92 Å². The molecule has 1 N–H and O–H groups in total. The van der Waals surface area contributed by atoms with E-state index in [0.29, 0.717) is 12.5 Å². The zero-order chi connectivity index (χ0) is 16.7. The number of hydrogen-bond acceptors (Lipinski definition) is 3. The van der Waals surface area contributed by atoms with Crippen LogP contribution in [0.2, 0.25) is 0 Å². The van der Waals surface area contributed by atoms with Crippen molar-refractivity contribution in [3.8, 4) is 0 Å². The highest BCUT2D eigenvalue weighted by molar-refractivity contribution is 7.89. The lowest BCUT2D eigenvalue weighted by molar-refractivity contribution is 0.0303. The summed E-state index contributed by atoms with van der Waals surface area (Å²) in [5, 5.41) is 0. The van der Waals surface area contributed by atoms with Crippen LogP contribution in [0.25, 0.3) is 0 Å². The van der Waals surface area contributed by atoms with Gasteiger partial charge < -0.3 is 4.74 Å². The number of benzene rings is 1. The molecule has 4 nitrogen and oxygen atoms in total. The highest BCUT2D eigenvalue weighted by atomic mass is 32.2. The first-order chi connectivity index (χ1) is 11.1. The summed E-state index contributed by atoms with van der Waals surface area (Å²) >= 11 is 0. The van der Waals surface area contributed by atoms with E-state index in [1.54, 1.807) is 0 Å². The molecular weight excluding hydrogens is 310 g/mol. The monoisotopic (exact) mass is 339 g/mol. The highest BCUT2D eigenvalue weighted by Crippen LogP contribution is 2.28. The first-order valence-electron chi connectivity index (χ1n) is 8.72. The summed E-state index contributed by atoms with van der Waals surface area (Å²) in [4.78, 5) is 0. The molecule has 0 spiro atoms. The molecule has 0 aromatic heterocycles. The van der Waals surface area contributed by atoms with Crippen LogP contribution < -0.4 is 4.72 Å². The maximum absolute atomic E-state index is 12.6. The molecule has 1 aromatic carbocycles. The lowest BCUT2D eigenvalue weighted by Gasteiger charge is -2.28. The molecule has 0 amide bonds. The Kier molecular flexibility index (Phi) is 7.06. The van der Waals surface area contributed by atoms with Gasteiger partial charge in [-0.3, -0.25) is 0 Å². The van der Waals surface area contributed by atoms with E-state index in [-0.39, 0.29) is 17.9 Å².